The molecule has 2 aliphatic rings. The van der Waals surface area contributed by atoms with E-state index in [2.05, 4.69) is 16.0 Å². The van der Waals surface area contributed by atoms with Gasteiger partial charge in [-0.15, -0.1) is 0 Å². The molecular weight excluding hydrogens is 497 g/mol. The SMILES string of the molecule is CC(=O)NC1(C(=O)NC(C)(C)C)CC(CCB2OC(C)(C)C(C)(C)O2)CCC1NC(=O)OCc1ccccc1. The number of hydrogen-bond donors (Lipinski definition) is 3. The van der Waals surface area contributed by atoms with E-state index >= 15 is 0 Å². The van der Waals surface area contributed by atoms with Crippen LogP contribution in [0.4, 0.5) is 4.79 Å². The van der Waals surface area contributed by atoms with Gasteiger partial charge in [0, 0.05) is 12.5 Å². The molecule has 3 atom stereocenters. The average molecular weight is 544 g/mol. The first-order valence-corrected chi connectivity index (χ1v) is 14.0. The number of benzene rings is 1. The van der Waals surface area contributed by atoms with Crippen LogP contribution in [0.3, 0.4) is 0 Å². The zero-order valence-corrected chi connectivity index (χ0v) is 24.8. The summed E-state index contributed by atoms with van der Waals surface area (Å²) in [5, 5.41) is 8.89. The minimum atomic E-state index is -1.33. The summed E-state index contributed by atoms with van der Waals surface area (Å²) in [5.41, 5.74) is -1.82. The monoisotopic (exact) mass is 543 g/mol. The Hall–Kier alpha value is -2.59. The standard InChI is InChI=1S/C29H46BN3O6/c1-20(34)32-29(24(35)33-26(2,3)4)18-21(16-17-30-38-27(5,6)28(7,8)39-30)14-15-23(29)31-25(36)37-19-22-12-10-9-11-13-22/h9-13,21,23H,14-19H2,1-8H3,(H,31,36)(H,32,34)(H,33,35). The molecule has 2 fully saturated rings. The first-order chi connectivity index (χ1) is 18.0. The minimum Gasteiger partial charge on any atom is -0.445 e. The Bertz CT molecular complexity index is 1010. The summed E-state index contributed by atoms with van der Waals surface area (Å²) in [5.74, 6) is -0.547. The van der Waals surface area contributed by atoms with Gasteiger partial charge in [0.05, 0.1) is 17.2 Å². The van der Waals surface area contributed by atoms with E-state index in [9.17, 15) is 14.4 Å². The highest BCUT2D eigenvalue weighted by Gasteiger charge is 2.53. The largest absolute Gasteiger partial charge is 0.457 e. The fourth-order valence-corrected chi connectivity index (χ4v) is 5.36. The Balaban J connectivity index is 1.77. The lowest BCUT2D eigenvalue weighted by Crippen LogP contribution is -2.72. The molecule has 1 aliphatic carbocycles. The number of alkyl carbamates (subject to hydrolysis) is 1. The van der Waals surface area contributed by atoms with Crippen LogP contribution >= 0.6 is 0 Å². The van der Waals surface area contributed by atoms with Gasteiger partial charge in [-0.3, -0.25) is 9.59 Å². The lowest BCUT2D eigenvalue weighted by molar-refractivity contribution is -0.137. The van der Waals surface area contributed by atoms with Gasteiger partial charge in [0.15, 0.2) is 0 Å². The van der Waals surface area contributed by atoms with Crippen molar-refractivity contribution < 1.29 is 28.4 Å². The Morgan fingerprint density at radius 3 is 2.21 bits per heavy atom. The quantitative estimate of drug-likeness (QED) is 0.420. The third-order valence-electron chi connectivity index (χ3n) is 7.98. The van der Waals surface area contributed by atoms with Crippen molar-refractivity contribution in [2.45, 2.75) is 122 Å². The average Bonchev–Trinajstić information content (AvgIpc) is 3.03. The minimum absolute atomic E-state index is 0.109. The van der Waals surface area contributed by atoms with Crippen LogP contribution in [0.5, 0.6) is 0 Å². The van der Waals surface area contributed by atoms with Crippen LogP contribution in [0.15, 0.2) is 30.3 Å². The van der Waals surface area contributed by atoms with Gasteiger partial charge < -0.3 is 30.0 Å². The Morgan fingerprint density at radius 1 is 1.03 bits per heavy atom. The molecule has 1 saturated carbocycles. The smallest absolute Gasteiger partial charge is 0.445 e. The van der Waals surface area contributed by atoms with E-state index in [-0.39, 0.29) is 31.5 Å². The molecule has 10 heteroatoms. The van der Waals surface area contributed by atoms with Gasteiger partial charge in [0.25, 0.3) is 0 Å². The van der Waals surface area contributed by atoms with Gasteiger partial charge in [-0.05, 0) is 85.5 Å². The Kier molecular flexibility index (Phi) is 9.43. The van der Waals surface area contributed by atoms with Crippen molar-refractivity contribution in [3.63, 3.8) is 0 Å². The highest BCUT2D eigenvalue weighted by Crippen LogP contribution is 2.41. The maximum Gasteiger partial charge on any atom is 0.457 e. The van der Waals surface area contributed by atoms with E-state index < -0.39 is 34.4 Å². The van der Waals surface area contributed by atoms with Crippen LogP contribution in [0.1, 0.15) is 86.6 Å². The normalized spacial score (nSPS) is 26.0. The zero-order chi connectivity index (χ0) is 29.1. The second-order valence-corrected chi connectivity index (χ2v) is 13.0. The Labute approximate surface area is 233 Å². The van der Waals surface area contributed by atoms with E-state index in [1.807, 2.05) is 78.8 Å². The topological polar surface area (TPSA) is 115 Å². The third-order valence-corrected chi connectivity index (χ3v) is 7.98. The van der Waals surface area contributed by atoms with E-state index in [1.54, 1.807) is 0 Å². The molecule has 3 rings (SSSR count). The van der Waals surface area contributed by atoms with Crippen LogP contribution in [0, 0.1) is 5.92 Å². The summed E-state index contributed by atoms with van der Waals surface area (Å²) in [6.45, 7) is 15.3. The molecule has 39 heavy (non-hydrogen) atoms. The second kappa shape index (κ2) is 11.9. The number of rotatable bonds is 8. The summed E-state index contributed by atoms with van der Waals surface area (Å²) in [6, 6.07) is 8.75. The van der Waals surface area contributed by atoms with Crippen molar-refractivity contribution in [1.29, 1.82) is 0 Å². The fourth-order valence-electron chi connectivity index (χ4n) is 5.36. The number of amides is 3. The molecule has 0 spiro atoms. The van der Waals surface area contributed by atoms with E-state index in [1.165, 1.54) is 6.92 Å². The summed E-state index contributed by atoms with van der Waals surface area (Å²) in [6.07, 6.45) is 2.45. The van der Waals surface area contributed by atoms with Gasteiger partial charge in [-0.25, -0.2) is 4.79 Å². The number of hydrogen-bond acceptors (Lipinski definition) is 6. The van der Waals surface area contributed by atoms with Crippen molar-refractivity contribution in [2.75, 3.05) is 0 Å². The predicted molar refractivity (Wildman–Crippen MR) is 151 cm³/mol. The third kappa shape index (κ3) is 7.98. The second-order valence-electron chi connectivity index (χ2n) is 13.0. The molecule has 3 N–H and O–H groups in total. The molecule has 0 radical (unpaired) electrons. The number of ether oxygens (including phenoxy) is 1. The van der Waals surface area contributed by atoms with Crippen LogP contribution in [0.25, 0.3) is 0 Å². The van der Waals surface area contributed by atoms with Gasteiger partial charge in [0.1, 0.15) is 12.1 Å². The highest BCUT2D eigenvalue weighted by atomic mass is 16.7. The summed E-state index contributed by atoms with van der Waals surface area (Å²) in [7, 11) is -0.336. The van der Waals surface area contributed by atoms with Gasteiger partial charge in [-0.2, -0.15) is 0 Å². The van der Waals surface area contributed by atoms with Gasteiger partial charge >= 0.3 is 13.2 Å². The molecule has 3 amide bonds. The molecule has 1 aliphatic heterocycles. The summed E-state index contributed by atoms with van der Waals surface area (Å²) < 4.78 is 17.8. The number of nitrogens with one attached hydrogen (secondary N) is 3. The fraction of sp³-hybridized carbons (Fsp3) is 0.690. The molecule has 1 aromatic rings. The lowest BCUT2D eigenvalue weighted by atomic mass is 9.67. The lowest BCUT2D eigenvalue weighted by Gasteiger charge is -2.47. The van der Waals surface area contributed by atoms with Crippen molar-refractivity contribution in [2.24, 2.45) is 5.92 Å². The van der Waals surface area contributed by atoms with Crippen molar-refractivity contribution >= 4 is 25.0 Å². The van der Waals surface area contributed by atoms with E-state index in [0.717, 1.165) is 18.4 Å². The van der Waals surface area contributed by atoms with Crippen molar-refractivity contribution in [1.82, 2.24) is 16.0 Å². The first kappa shape index (κ1) is 30.9. The molecule has 3 unspecified atom stereocenters. The number of carbonyl (C=O) groups excluding carboxylic acids is 3. The molecular formula is C29H46BN3O6. The van der Waals surface area contributed by atoms with Gasteiger partial charge in [-0.1, -0.05) is 36.8 Å². The zero-order valence-electron chi connectivity index (χ0n) is 24.8. The molecule has 1 heterocycles. The maximum absolute atomic E-state index is 13.9. The molecule has 9 nitrogen and oxygen atoms in total. The predicted octanol–water partition coefficient (Wildman–Crippen LogP) is 4.35. The Morgan fingerprint density at radius 2 is 1.64 bits per heavy atom. The van der Waals surface area contributed by atoms with Crippen LogP contribution in [-0.4, -0.2) is 53.3 Å². The molecule has 216 valence electrons. The van der Waals surface area contributed by atoms with Crippen molar-refractivity contribution in [3.05, 3.63) is 35.9 Å². The van der Waals surface area contributed by atoms with Crippen molar-refractivity contribution in [3.8, 4) is 0 Å². The number of carbonyl (C=O) groups is 3. The first-order valence-electron chi connectivity index (χ1n) is 14.0. The summed E-state index contributed by atoms with van der Waals surface area (Å²) in [4.78, 5) is 39.2. The van der Waals surface area contributed by atoms with Gasteiger partial charge in [0.2, 0.25) is 11.8 Å². The van der Waals surface area contributed by atoms with Crippen LogP contribution < -0.4 is 16.0 Å². The van der Waals surface area contributed by atoms with E-state index in [4.69, 9.17) is 14.0 Å². The molecule has 0 aromatic heterocycles. The molecule has 0 bridgehead atoms. The molecule has 1 aromatic carbocycles. The van der Waals surface area contributed by atoms with E-state index in [0.29, 0.717) is 19.2 Å². The summed E-state index contributed by atoms with van der Waals surface area (Å²) >= 11 is 0. The van der Waals surface area contributed by atoms with Crippen LogP contribution in [-0.2, 0) is 30.2 Å². The molecule has 1 saturated heterocycles. The maximum atomic E-state index is 13.9. The van der Waals surface area contributed by atoms with Crippen LogP contribution in [0.2, 0.25) is 6.32 Å². The highest BCUT2D eigenvalue weighted by molar-refractivity contribution is 6.45.